The molecule has 3 saturated heterocycles. The van der Waals surface area contributed by atoms with Gasteiger partial charge in [0.15, 0.2) is 18.0 Å². The molecule has 3 fully saturated rings. The van der Waals surface area contributed by atoms with Crippen LogP contribution in [-0.2, 0) is 14.4 Å². The minimum atomic E-state index is -1.08. The van der Waals surface area contributed by atoms with E-state index in [1.54, 1.807) is 11.0 Å². The van der Waals surface area contributed by atoms with Crippen LogP contribution in [0.15, 0.2) is 65.0 Å². The van der Waals surface area contributed by atoms with Crippen molar-refractivity contribution >= 4 is 75.5 Å². The summed E-state index contributed by atoms with van der Waals surface area (Å²) in [7, 11) is 1.89. The molecule has 8 rings (SSSR count). The number of halogens is 1. The Hall–Kier alpha value is -5.98. The molecule has 19 heteroatoms. The van der Waals surface area contributed by atoms with Crippen LogP contribution >= 0.6 is 22.9 Å². The standard InChI is InChI=1S/C33H35N9O7S.C9H12ClN/c1-19-35-25(37-33-34-16-21(17-43)50-33)15-26(36-19)40-9-7-20(8-10-40)39-11-13-41(14-12-39)28(45)18-49-24-4-2-3-22-29(24)32(48)42(31(22)47)23-5-6-27(44)38-30(23)46;1-7-5-3-4-6-8(10)9(7)11-2/h2-4,15-17,20,23H,5-14,18H2,1H3,(H,38,44,46)(H,34,35,36,37);3-4,6,11H,5H2,1-2H3. The molecule has 2 aromatic heterocycles. The van der Waals surface area contributed by atoms with Crippen molar-refractivity contribution in [2.24, 2.45) is 0 Å². The lowest BCUT2D eigenvalue weighted by molar-refractivity contribution is -0.136. The summed E-state index contributed by atoms with van der Waals surface area (Å²) in [4.78, 5) is 95.8. The van der Waals surface area contributed by atoms with Crippen LogP contribution in [0.3, 0.4) is 0 Å². The fourth-order valence-electron chi connectivity index (χ4n) is 8.04. The SMILES string of the molecule is CNC1=C(C)CC=CC=C1Cl.Cc1nc(Nc2ncc(C=O)s2)cc(N2CCC(N3CCN(C(=O)COc4cccc5c4C(=O)N(C4CCC(=O)NC4=O)C5=O)CC3)CC2)n1. The zero-order valence-corrected chi connectivity index (χ0v) is 35.7. The van der Waals surface area contributed by atoms with Gasteiger partial charge in [0.2, 0.25) is 11.8 Å². The molecule has 0 spiro atoms. The number of rotatable bonds is 10. The Bertz CT molecular complexity index is 2310. The van der Waals surface area contributed by atoms with Crippen LogP contribution in [0, 0.1) is 6.92 Å². The summed E-state index contributed by atoms with van der Waals surface area (Å²) >= 11 is 7.23. The smallest absolute Gasteiger partial charge is 0.266 e. The minimum absolute atomic E-state index is 0.0171. The first-order valence-corrected chi connectivity index (χ1v) is 21.3. The van der Waals surface area contributed by atoms with Crippen molar-refractivity contribution in [1.29, 1.82) is 0 Å². The number of hydrogen-bond donors (Lipinski definition) is 3. The third kappa shape index (κ3) is 9.82. The molecule has 61 heavy (non-hydrogen) atoms. The largest absolute Gasteiger partial charge is 0.483 e. The highest BCUT2D eigenvalue weighted by atomic mass is 35.5. The normalized spacial score (nSPS) is 19.8. The number of thiazole rings is 1. The summed E-state index contributed by atoms with van der Waals surface area (Å²) in [5, 5.41) is 9.82. The molecule has 1 aliphatic carbocycles. The Morgan fingerprint density at radius 2 is 1.80 bits per heavy atom. The number of hydrogen-bond acceptors (Lipinski definition) is 15. The Morgan fingerprint density at radius 3 is 2.51 bits per heavy atom. The Labute approximate surface area is 361 Å². The van der Waals surface area contributed by atoms with Gasteiger partial charge in [0.05, 0.1) is 32.9 Å². The van der Waals surface area contributed by atoms with Gasteiger partial charge in [-0.1, -0.05) is 41.2 Å². The third-order valence-corrected chi connectivity index (χ3v) is 12.3. The van der Waals surface area contributed by atoms with E-state index >= 15 is 0 Å². The molecular formula is C42H47ClN10O7S. The number of nitrogens with one attached hydrogen (secondary N) is 3. The number of anilines is 3. The van der Waals surface area contributed by atoms with Gasteiger partial charge in [0.1, 0.15) is 29.3 Å². The number of piperidine rings is 2. The molecule has 0 radical (unpaired) electrons. The van der Waals surface area contributed by atoms with Crippen molar-refractivity contribution in [2.45, 2.75) is 58.0 Å². The van der Waals surface area contributed by atoms with Gasteiger partial charge in [-0.3, -0.25) is 43.9 Å². The first-order valence-electron chi connectivity index (χ1n) is 20.1. The number of fused-ring (bicyclic) bond motifs is 1. The molecule has 0 saturated carbocycles. The van der Waals surface area contributed by atoms with Crippen LogP contribution in [0.25, 0.3) is 0 Å². The third-order valence-electron chi connectivity index (χ3n) is 11.2. The van der Waals surface area contributed by atoms with E-state index in [-0.39, 0.29) is 42.2 Å². The zero-order chi connectivity index (χ0) is 43.2. The van der Waals surface area contributed by atoms with Crippen molar-refractivity contribution < 1.29 is 33.5 Å². The van der Waals surface area contributed by atoms with E-state index in [1.807, 2.05) is 32.2 Å². The van der Waals surface area contributed by atoms with Crippen LogP contribution < -0.4 is 25.6 Å². The number of nitrogens with zero attached hydrogens (tertiary/aromatic N) is 7. The highest BCUT2D eigenvalue weighted by Gasteiger charge is 2.46. The van der Waals surface area contributed by atoms with E-state index in [9.17, 15) is 28.8 Å². The van der Waals surface area contributed by atoms with Gasteiger partial charge in [-0.15, -0.1) is 0 Å². The number of allylic oxidation sites excluding steroid dienone is 5. The molecule has 4 aliphatic heterocycles. The van der Waals surface area contributed by atoms with Crippen molar-refractivity contribution in [3.8, 4) is 5.75 Å². The molecule has 1 unspecified atom stereocenters. The average Bonchev–Trinajstić information content (AvgIpc) is 3.77. The number of carbonyl (C=O) groups is 6. The summed E-state index contributed by atoms with van der Waals surface area (Å²) < 4.78 is 5.82. The highest BCUT2D eigenvalue weighted by Crippen LogP contribution is 2.34. The van der Waals surface area contributed by atoms with Crippen molar-refractivity contribution in [1.82, 2.24) is 40.3 Å². The summed E-state index contributed by atoms with van der Waals surface area (Å²) in [6.45, 7) is 7.80. The number of aromatic nitrogens is 3. The Morgan fingerprint density at radius 1 is 1.03 bits per heavy atom. The summed E-state index contributed by atoms with van der Waals surface area (Å²) in [6.07, 6.45) is 11.2. The second kappa shape index (κ2) is 19.2. The lowest BCUT2D eigenvalue weighted by Crippen LogP contribution is -2.55. The second-order valence-electron chi connectivity index (χ2n) is 15.1. The number of aryl methyl sites for hydroxylation is 1. The predicted octanol–water partition coefficient (Wildman–Crippen LogP) is 3.95. The maximum atomic E-state index is 13.3. The van der Waals surface area contributed by atoms with Gasteiger partial charge in [0, 0.05) is 64.8 Å². The molecular weight excluding hydrogens is 824 g/mol. The van der Waals surface area contributed by atoms with Gasteiger partial charge >= 0.3 is 0 Å². The van der Waals surface area contributed by atoms with Crippen LogP contribution in [-0.4, -0.2) is 130 Å². The van der Waals surface area contributed by atoms with E-state index in [1.165, 1.54) is 35.2 Å². The first kappa shape index (κ1) is 43.1. The topological polar surface area (TPSA) is 199 Å². The van der Waals surface area contributed by atoms with E-state index in [2.05, 4.69) is 53.7 Å². The summed E-state index contributed by atoms with van der Waals surface area (Å²) in [6, 6.07) is 5.77. The fraction of sp³-hybridized carbons (Fsp3) is 0.405. The lowest BCUT2D eigenvalue weighted by Gasteiger charge is -2.43. The number of piperazine rings is 1. The number of benzene rings is 1. The molecule has 17 nitrogen and oxygen atoms in total. The van der Waals surface area contributed by atoms with Gasteiger partial charge < -0.3 is 25.2 Å². The van der Waals surface area contributed by atoms with E-state index < -0.39 is 29.7 Å². The molecule has 320 valence electrons. The van der Waals surface area contributed by atoms with Gasteiger partial charge in [-0.05, 0) is 63.3 Å². The molecule has 5 aliphatic rings. The van der Waals surface area contributed by atoms with Crippen LogP contribution in [0.1, 0.15) is 75.2 Å². The number of amides is 5. The summed E-state index contributed by atoms with van der Waals surface area (Å²) in [5.74, 6) is -0.478. The number of aldehydes is 1. The summed E-state index contributed by atoms with van der Waals surface area (Å²) in [5.41, 5.74) is 2.45. The number of imide groups is 2. The number of likely N-dealkylation sites (N-methyl/N-ethyl adjacent to an activating group) is 1. The maximum Gasteiger partial charge on any atom is 0.266 e. The molecule has 3 aromatic rings. The molecule has 3 N–H and O–H groups in total. The van der Waals surface area contributed by atoms with Crippen LogP contribution in [0.5, 0.6) is 5.75 Å². The van der Waals surface area contributed by atoms with E-state index in [4.69, 9.17) is 16.3 Å². The second-order valence-corrected chi connectivity index (χ2v) is 16.5. The first-order chi connectivity index (χ1) is 29.4. The molecule has 1 atom stereocenters. The van der Waals surface area contributed by atoms with Crippen molar-refractivity contribution in [3.05, 3.63) is 86.8 Å². The van der Waals surface area contributed by atoms with Crippen molar-refractivity contribution in [2.75, 3.05) is 63.1 Å². The predicted molar refractivity (Wildman–Crippen MR) is 229 cm³/mol. The van der Waals surface area contributed by atoms with Crippen molar-refractivity contribution in [3.63, 3.8) is 0 Å². The minimum Gasteiger partial charge on any atom is -0.483 e. The maximum absolute atomic E-state index is 13.3. The highest BCUT2D eigenvalue weighted by molar-refractivity contribution is 7.17. The Balaban J connectivity index is 0.000000445. The number of carbonyl (C=O) groups excluding carboxylic acids is 6. The van der Waals surface area contributed by atoms with Gasteiger partial charge in [-0.25, -0.2) is 15.0 Å². The molecule has 0 bridgehead atoms. The number of ether oxygens (including phenoxy) is 1. The van der Waals surface area contributed by atoms with Crippen LogP contribution in [0.2, 0.25) is 0 Å². The fourth-order valence-corrected chi connectivity index (χ4v) is 9.00. The molecule has 6 heterocycles. The van der Waals surface area contributed by atoms with Gasteiger partial charge in [-0.2, -0.15) is 0 Å². The molecule has 5 amide bonds. The van der Waals surface area contributed by atoms with Gasteiger partial charge in [0.25, 0.3) is 17.7 Å². The molecule has 1 aromatic carbocycles. The van der Waals surface area contributed by atoms with Crippen LogP contribution in [0.4, 0.5) is 16.8 Å². The van der Waals surface area contributed by atoms with E-state index in [0.717, 1.165) is 73.2 Å². The quantitative estimate of drug-likeness (QED) is 0.196. The lowest BCUT2D eigenvalue weighted by atomic mass is 10.0. The van der Waals surface area contributed by atoms with E-state index in [0.29, 0.717) is 40.8 Å². The zero-order valence-electron chi connectivity index (χ0n) is 34.1. The average molecular weight is 871 g/mol. The monoisotopic (exact) mass is 870 g/mol. The Kier molecular flexibility index (Phi) is 13.5.